The van der Waals surface area contributed by atoms with E-state index in [0.29, 0.717) is 17.2 Å². The Balaban J connectivity index is 2.08. The van der Waals surface area contributed by atoms with Gasteiger partial charge in [0, 0.05) is 6.42 Å². The number of benzene rings is 1. The Morgan fingerprint density at radius 1 is 1.14 bits per heavy atom. The topological polar surface area (TPSA) is 68.1 Å². The summed E-state index contributed by atoms with van der Waals surface area (Å²) in [4.78, 5) is 12.1. The van der Waals surface area contributed by atoms with Gasteiger partial charge in [0.1, 0.15) is 5.71 Å². The van der Waals surface area contributed by atoms with Crippen LogP contribution in [0.1, 0.15) is 5.56 Å². The van der Waals surface area contributed by atoms with E-state index in [2.05, 4.69) is 5.16 Å². The summed E-state index contributed by atoms with van der Waals surface area (Å²) in [6.07, 6.45) is 8.54. The molecule has 5 heteroatoms. The molecule has 0 radical (unpaired) electrons. The highest BCUT2D eigenvalue weighted by Gasteiger charge is 2.08. The number of ether oxygens (including phenoxy) is 2. The molecule has 0 bridgehead atoms. The summed E-state index contributed by atoms with van der Waals surface area (Å²) in [5.41, 5.74) is 2.06. The SMILES string of the molecule is COc1ccc(CC(=O)C=C2C=CC(=NO)C=C2)cc1OC. The fraction of sp³-hybridized carbons (Fsp3) is 0.176. The summed E-state index contributed by atoms with van der Waals surface area (Å²) >= 11 is 0. The Morgan fingerprint density at radius 3 is 2.41 bits per heavy atom. The second-order valence-electron chi connectivity index (χ2n) is 4.67. The summed E-state index contributed by atoms with van der Waals surface area (Å²) in [5, 5.41) is 11.7. The minimum Gasteiger partial charge on any atom is -0.493 e. The van der Waals surface area contributed by atoms with Crippen LogP contribution < -0.4 is 9.47 Å². The maximum Gasteiger partial charge on any atom is 0.161 e. The van der Waals surface area contributed by atoms with Crippen molar-refractivity contribution in [3.05, 3.63) is 59.7 Å². The third kappa shape index (κ3) is 3.85. The van der Waals surface area contributed by atoms with E-state index in [1.54, 1.807) is 56.7 Å². The lowest BCUT2D eigenvalue weighted by Gasteiger charge is -2.09. The van der Waals surface area contributed by atoms with E-state index in [9.17, 15) is 4.79 Å². The minimum atomic E-state index is -0.0269. The van der Waals surface area contributed by atoms with Gasteiger partial charge in [0.05, 0.1) is 14.2 Å². The Kier molecular flexibility index (Phi) is 5.14. The van der Waals surface area contributed by atoms with E-state index >= 15 is 0 Å². The molecule has 0 spiro atoms. The van der Waals surface area contributed by atoms with E-state index in [1.165, 1.54) is 0 Å². The first-order valence-corrected chi connectivity index (χ1v) is 6.70. The van der Waals surface area contributed by atoms with Crippen LogP contribution in [0.5, 0.6) is 11.5 Å². The second-order valence-corrected chi connectivity index (χ2v) is 4.67. The van der Waals surface area contributed by atoms with Crippen LogP contribution in [0.25, 0.3) is 0 Å². The average molecular weight is 299 g/mol. The molecule has 1 aromatic carbocycles. The highest BCUT2D eigenvalue weighted by atomic mass is 16.5. The van der Waals surface area contributed by atoms with Gasteiger partial charge in [-0.2, -0.15) is 0 Å². The standard InChI is InChI=1S/C17H17NO4/c1-21-16-8-5-13(11-17(16)22-2)10-15(19)9-12-3-6-14(18-20)7-4-12/h3-9,11,20H,10H2,1-2H3. The number of carbonyl (C=O) groups excluding carboxylic acids is 1. The Bertz CT molecular complexity index is 666. The number of ketones is 1. The molecular weight excluding hydrogens is 282 g/mol. The average Bonchev–Trinajstić information content (AvgIpc) is 2.55. The van der Waals surface area contributed by atoms with Crippen LogP contribution in [-0.2, 0) is 11.2 Å². The van der Waals surface area contributed by atoms with Crippen molar-refractivity contribution in [1.82, 2.24) is 0 Å². The number of allylic oxidation sites excluding steroid dienone is 6. The number of methoxy groups -OCH3 is 2. The Morgan fingerprint density at radius 2 is 1.82 bits per heavy atom. The number of carbonyl (C=O) groups is 1. The molecule has 0 atom stereocenters. The van der Waals surface area contributed by atoms with Gasteiger partial charge >= 0.3 is 0 Å². The summed E-state index contributed by atoms with van der Waals surface area (Å²) in [5.74, 6) is 1.20. The normalized spacial score (nSPS) is 13.0. The quantitative estimate of drug-likeness (QED) is 0.515. The predicted molar refractivity (Wildman–Crippen MR) is 83.8 cm³/mol. The first-order valence-electron chi connectivity index (χ1n) is 6.70. The van der Waals surface area contributed by atoms with Crippen LogP contribution in [-0.4, -0.2) is 30.9 Å². The lowest BCUT2D eigenvalue weighted by molar-refractivity contribution is -0.114. The summed E-state index contributed by atoms with van der Waals surface area (Å²) in [6, 6.07) is 5.40. The molecule has 114 valence electrons. The van der Waals surface area contributed by atoms with Crippen LogP contribution in [0.2, 0.25) is 0 Å². The fourth-order valence-corrected chi connectivity index (χ4v) is 2.07. The molecule has 0 aliphatic heterocycles. The third-order valence-electron chi connectivity index (χ3n) is 3.16. The van der Waals surface area contributed by atoms with Crippen LogP contribution in [0.15, 0.2) is 59.3 Å². The molecule has 0 fully saturated rings. The van der Waals surface area contributed by atoms with Gasteiger partial charge in [-0.05, 0) is 41.5 Å². The van der Waals surface area contributed by atoms with Gasteiger partial charge in [-0.25, -0.2) is 0 Å². The van der Waals surface area contributed by atoms with Crippen LogP contribution in [0, 0.1) is 0 Å². The number of hydrogen-bond acceptors (Lipinski definition) is 5. The lowest BCUT2D eigenvalue weighted by Crippen LogP contribution is -2.02. The maximum absolute atomic E-state index is 12.1. The Hall–Kier alpha value is -2.82. The lowest BCUT2D eigenvalue weighted by atomic mass is 10.0. The third-order valence-corrected chi connectivity index (χ3v) is 3.16. The predicted octanol–water partition coefficient (Wildman–Crippen LogP) is 2.70. The van der Waals surface area contributed by atoms with Crippen LogP contribution in [0.4, 0.5) is 0 Å². The second kappa shape index (κ2) is 7.26. The molecule has 0 unspecified atom stereocenters. The molecule has 1 N–H and O–H groups in total. The molecular formula is C17H17NO4. The first kappa shape index (κ1) is 15.6. The van der Waals surface area contributed by atoms with Gasteiger partial charge in [-0.1, -0.05) is 23.4 Å². The van der Waals surface area contributed by atoms with E-state index in [4.69, 9.17) is 14.7 Å². The van der Waals surface area contributed by atoms with Gasteiger partial charge in [0.2, 0.25) is 0 Å². The van der Waals surface area contributed by atoms with Gasteiger partial charge in [0.15, 0.2) is 17.3 Å². The van der Waals surface area contributed by atoms with Gasteiger partial charge < -0.3 is 14.7 Å². The fourth-order valence-electron chi connectivity index (χ4n) is 2.07. The molecule has 0 aromatic heterocycles. The van der Waals surface area contributed by atoms with Crippen LogP contribution in [0.3, 0.4) is 0 Å². The molecule has 1 aliphatic carbocycles. The van der Waals surface area contributed by atoms with Gasteiger partial charge in [-0.3, -0.25) is 4.79 Å². The molecule has 0 saturated heterocycles. The molecule has 0 amide bonds. The highest BCUT2D eigenvalue weighted by molar-refractivity contribution is 6.06. The Labute approximate surface area is 128 Å². The van der Waals surface area contributed by atoms with Crippen molar-refractivity contribution in [3.63, 3.8) is 0 Å². The minimum absolute atomic E-state index is 0.0269. The molecule has 5 nitrogen and oxygen atoms in total. The van der Waals surface area contributed by atoms with Crippen molar-refractivity contribution in [3.8, 4) is 11.5 Å². The van der Waals surface area contributed by atoms with Crippen molar-refractivity contribution in [2.45, 2.75) is 6.42 Å². The number of nitrogens with zero attached hydrogens (tertiary/aromatic N) is 1. The highest BCUT2D eigenvalue weighted by Crippen LogP contribution is 2.27. The number of rotatable bonds is 5. The first-order chi connectivity index (χ1) is 10.7. The van der Waals surface area contributed by atoms with Crippen molar-refractivity contribution in [1.29, 1.82) is 0 Å². The molecule has 0 saturated carbocycles. The van der Waals surface area contributed by atoms with Crippen molar-refractivity contribution in [2.75, 3.05) is 14.2 Å². The van der Waals surface area contributed by atoms with E-state index in [1.807, 2.05) is 6.07 Å². The molecule has 1 aliphatic rings. The van der Waals surface area contributed by atoms with Crippen molar-refractivity contribution in [2.24, 2.45) is 5.16 Å². The molecule has 22 heavy (non-hydrogen) atoms. The maximum atomic E-state index is 12.1. The number of hydrogen-bond donors (Lipinski definition) is 1. The van der Waals surface area contributed by atoms with Crippen molar-refractivity contribution >= 4 is 11.5 Å². The van der Waals surface area contributed by atoms with Crippen molar-refractivity contribution < 1.29 is 19.5 Å². The van der Waals surface area contributed by atoms with E-state index in [0.717, 1.165) is 11.1 Å². The summed E-state index contributed by atoms with van der Waals surface area (Å²) in [7, 11) is 3.13. The summed E-state index contributed by atoms with van der Waals surface area (Å²) in [6.45, 7) is 0. The molecule has 2 rings (SSSR count). The van der Waals surface area contributed by atoms with Crippen LogP contribution >= 0.6 is 0 Å². The zero-order chi connectivity index (χ0) is 15.9. The number of oxime groups is 1. The smallest absolute Gasteiger partial charge is 0.161 e. The largest absolute Gasteiger partial charge is 0.493 e. The van der Waals surface area contributed by atoms with E-state index < -0.39 is 0 Å². The van der Waals surface area contributed by atoms with Gasteiger partial charge in [-0.15, -0.1) is 0 Å². The zero-order valence-electron chi connectivity index (χ0n) is 12.4. The summed E-state index contributed by atoms with van der Waals surface area (Å²) < 4.78 is 10.4. The molecule has 0 heterocycles. The van der Waals surface area contributed by atoms with E-state index in [-0.39, 0.29) is 12.2 Å². The van der Waals surface area contributed by atoms with Gasteiger partial charge in [0.25, 0.3) is 0 Å². The zero-order valence-corrected chi connectivity index (χ0v) is 12.4. The molecule has 1 aromatic rings. The monoisotopic (exact) mass is 299 g/mol.